The Hall–Kier alpha value is -1.04. The van der Waals surface area contributed by atoms with Gasteiger partial charge in [-0.1, -0.05) is 19.3 Å². The minimum atomic E-state index is -3.90. The van der Waals surface area contributed by atoms with E-state index in [0.717, 1.165) is 42.7 Å². The lowest BCUT2D eigenvalue weighted by Gasteiger charge is -2.21. The molecule has 0 bridgehead atoms. The molecule has 0 aromatic carbocycles. The van der Waals surface area contributed by atoms with E-state index in [-0.39, 0.29) is 6.04 Å². The number of aromatic nitrogens is 3. The zero-order chi connectivity index (χ0) is 15.7. The SMILES string of the molecule is CN(C)S(=O)(=O)n1cnc(S(=O)(=O)NC2CCCCC2)n1. The monoisotopic (exact) mass is 337 g/mol. The Morgan fingerprint density at radius 2 is 1.81 bits per heavy atom. The predicted molar refractivity (Wildman–Crippen MR) is 75.2 cm³/mol. The molecule has 21 heavy (non-hydrogen) atoms. The van der Waals surface area contributed by atoms with Crippen molar-refractivity contribution in [3.63, 3.8) is 0 Å². The van der Waals surface area contributed by atoms with E-state index < -0.39 is 25.4 Å². The summed E-state index contributed by atoms with van der Waals surface area (Å²) in [5, 5.41) is 3.04. The first-order valence-corrected chi connectivity index (χ1v) is 9.48. The van der Waals surface area contributed by atoms with E-state index >= 15 is 0 Å². The molecule has 11 heteroatoms. The molecular formula is C10H19N5O4S2. The van der Waals surface area contributed by atoms with E-state index in [0.29, 0.717) is 4.09 Å². The third kappa shape index (κ3) is 3.59. The van der Waals surface area contributed by atoms with Crippen molar-refractivity contribution < 1.29 is 16.8 Å². The van der Waals surface area contributed by atoms with Crippen LogP contribution < -0.4 is 4.72 Å². The van der Waals surface area contributed by atoms with Crippen LogP contribution in [0.1, 0.15) is 32.1 Å². The lowest BCUT2D eigenvalue weighted by atomic mass is 9.96. The first kappa shape index (κ1) is 16.3. The topological polar surface area (TPSA) is 114 Å². The molecule has 1 N–H and O–H groups in total. The van der Waals surface area contributed by atoms with E-state index in [1.54, 1.807) is 0 Å². The van der Waals surface area contributed by atoms with Gasteiger partial charge in [0.05, 0.1) is 0 Å². The lowest BCUT2D eigenvalue weighted by Crippen LogP contribution is -2.37. The Morgan fingerprint density at radius 1 is 1.19 bits per heavy atom. The van der Waals surface area contributed by atoms with Gasteiger partial charge in [-0.15, -0.1) is 9.19 Å². The zero-order valence-corrected chi connectivity index (χ0v) is 13.6. The quantitative estimate of drug-likeness (QED) is 0.778. The van der Waals surface area contributed by atoms with Crippen LogP contribution in [0.2, 0.25) is 0 Å². The van der Waals surface area contributed by atoms with E-state index in [1.807, 2.05) is 0 Å². The van der Waals surface area contributed by atoms with Gasteiger partial charge in [0, 0.05) is 20.1 Å². The molecular weight excluding hydrogens is 318 g/mol. The maximum Gasteiger partial charge on any atom is 0.323 e. The molecule has 0 spiro atoms. The molecule has 1 heterocycles. The average Bonchev–Trinajstić information content (AvgIpc) is 2.90. The van der Waals surface area contributed by atoms with Crippen molar-refractivity contribution in [1.29, 1.82) is 0 Å². The number of nitrogens with one attached hydrogen (secondary N) is 1. The van der Waals surface area contributed by atoms with Crippen LogP contribution in [0.25, 0.3) is 0 Å². The molecule has 0 aliphatic heterocycles. The largest absolute Gasteiger partial charge is 0.323 e. The molecule has 0 amide bonds. The van der Waals surface area contributed by atoms with Gasteiger partial charge in [0.25, 0.3) is 15.2 Å². The van der Waals surface area contributed by atoms with Crippen LogP contribution in [0, 0.1) is 0 Å². The number of sulfonamides is 1. The van der Waals surface area contributed by atoms with E-state index in [9.17, 15) is 16.8 Å². The van der Waals surface area contributed by atoms with Crippen molar-refractivity contribution in [2.24, 2.45) is 0 Å². The molecule has 1 saturated carbocycles. The summed E-state index contributed by atoms with van der Waals surface area (Å²) in [6.07, 6.45) is 5.48. The van der Waals surface area contributed by atoms with Gasteiger partial charge in [0.2, 0.25) is 0 Å². The Balaban J connectivity index is 2.20. The molecule has 0 saturated heterocycles. The van der Waals surface area contributed by atoms with E-state index in [2.05, 4.69) is 14.8 Å². The summed E-state index contributed by atoms with van der Waals surface area (Å²) in [6, 6.07) is -0.138. The van der Waals surface area contributed by atoms with Crippen LogP contribution >= 0.6 is 0 Å². The molecule has 1 fully saturated rings. The van der Waals surface area contributed by atoms with Crippen molar-refractivity contribution in [3.8, 4) is 0 Å². The van der Waals surface area contributed by atoms with Gasteiger partial charge in [-0.05, 0) is 12.8 Å². The molecule has 0 atom stereocenters. The zero-order valence-electron chi connectivity index (χ0n) is 11.9. The second kappa shape index (κ2) is 5.99. The van der Waals surface area contributed by atoms with Crippen LogP contribution in [0.5, 0.6) is 0 Å². The van der Waals surface area contributed by atoms with Crippen LogP contribution in [-0.2, 0) is 20.2 Å². The highest BCUT2D eigenvalue weighted by molar-refractivity contribution is 7.89. The van der Waals surface area contributed by atoms with Crippen LogP contribution in [0.4, 0.5) is 0 Å². The highest BCUT2D eigenvalue weighted by atomic mass is 32.2. The van der Waals surface area contributed by atoms with Gasteiger partial charge in [-0.25, -0.2) is 18.1 Å². The minimum absolute atomic E-state index is 0.138. The third-order valence-electron chi connectivity index (χ3n) is 3.32. The van der Waals surface area contributed by atoms with Crippen LogP contribution in [-0.4, -0.2) is 55.4 Å². The van der Waals surface area contributed by atoms with Crippen molar-refractivity contribution in [3.05, 3.63) is 6.33 Å². The summed E-state index contributed by atoms with van der Waals surface area (Å²) in [5.74, 6) is 0. The van der Waals surface area contributed by atoms with E-state index in [1.165, 1.54) is 14.1 Å². The first-order chi connectivity index (χ1) is 9.73. The minimum Gasteiger partial charge on any atom is -0.205 e. The normalized spacial score (nSPS) is 18.2. The molecule has 1 aromatic heterocycles. The van der Waals surface area contributed by atoms with Gasteiger partial charge in [-0.2, -0.15) is 12.7 Å². The average molecular weight is 337 g/mol. The lowest BCUT2D eigenvalue weighted by molar-refractivity contribution is 0.411. The molecule has 0 radical (unpaired) electrons. The molecule has 1 aliphatic rings. The number of rotatable bonds is 5. The Kier molecular flexibility index (Phi) is 4.66. The second-order valence-electron chi connectivity index (χ2n) is 5.15. The maximum atomic E-state index is 12.2. The Morgan fingerprint density at radius 3 is 2.38 bits per heavy atom. The molecule has 0 unspecified atom stereocenters. The van der Waals surface area contributed by atoms with Crippen LogP contribution in [0.15, 0.2) is 11.5 Å². The predicted octanol–water partition coefficient (Wildman–Crippen LogP) is -0.456. The summed E-state index contributed by atoms with van der Waals surface area (Å²) in [5.41, 5.74) is 0. The fourth-order valence-corrected chi connectivity index (χ4v) is 4.02. The van der Waals surface area contributed by atoms with Gasteiger partial charge in [-0.3, -0.25) is 0 Å². The molecule has 1 aromatic rings. The first-order valence-electron chi connectivity index (χ1n) is 6.60. The van der Waals surface area contributed by atoms with Crippen molar-refractivity contribution in [2.75, 3.05) is 14.1 Å². The highest BCUT2D eigenvalue weighted by Gasteiger charge is 2.27. The number of nitrogens with zero attached hydrogens (tertiary/aromatic N) is 4. The van der Waals surface area contributed by atoms with Gasteiger partial charge >= 0.3 is 10.2 Å². The van der Waals surface area contributed by atoms with Crippen molar-refractivity contribution in [1.82, 2.24) is 23.2 Å². The maximum absolute atomic E-state index is 12.2. The Bertz CT molecular complexity index is 689. The fraction of sp³-hybridized carbons (Fsp3) is 0.800. The third-order valence-corrected chi connectivity index (χ3v) is 6.20. The number of hydrogen-bond acceptors (Lipinski definition) is 6. The summed E-state index contributed by atoms with van der Waals surface area (Å²) in [4.78, 5) is 3.60. The summed E-state index contributed by atoms with van der Waals surface area (Å²) in [6.45, 7) is 0. The van der Waals surface area contributed by atoms with Gasteiger partial charge in [0.1, 0.15) is 6.33 Å². The smallest absolute Gasteiger partial charge is 0.205 e. The van der Waals surface area contributed by atoms with Crippen molar-refractivity contribution in [2.45, 2.75) is 43.3 Å². The molecule has 9 nitrogen and oxygen atoms in total. The molecule has 2 rings (SSSR count). The molecule has 120 valence electrons. The number of hydrogen-bond donors (Lipinski definition) is 1. The highest BCUT2D eigenvalue weighted by Crippen LogP contribution is 2.19. The summed E-state index contributed by atoms with van der Waals surface area (Å²) in [7, 11) is -5.12. The van der Waals surface area contributed by atoms with Crippen LogP contribution in [0.3, 0.4) is 0 Å². The van der Waals surface area contributed by atoms with Crippen molar-refractivity contribution >= 4 is 20.2 Å². The second-order valence-corrected chi connectivity index (χ2v) is 8.75. The standard InChI is InChI=1S/C10H19N5O4S2/c1-14(2)21(18,19)15-8-11-10(12-15)20(16,17)13-9-6-4-3-5-7-9/h8-9,13H,3-7H2,1-2H3. The summed E-state index contributed by atoms with van der Waals surface area (Å²) >= 11 is 0. The van der Waals surface area contributed by atoms with Gasteiger partial charge in [0.15, 0.2) is 0 Å². The molecule has 1 aliphatic carbocycles. The van der Waals surface area contributed by atoms with Gasteiger partial charge < -0.3 is 0 Å². The summed E-state index contributed by atoms with van der Waals surface area (Å²) < 4.78 is 52.0. The van der Waals surface area contributed by atoms with E-state index in [4.69, 9.17) is 0 Å². The fourth-order valence-electron chi connectivity index (χ4n) is 2.13. The Labute approximate surface area is 124 Å².